The second kappa shape index (κ2) is 13.8. The Morgan fingerprint density at radius 3 is 2.40 bits per heavy atom. The van der Waals surface area contributed by atoms with Crippen LogP contribution in [0.4, 0.5) is 30.2 Å². The Kier molecular flexibility index (Phi) is 10.4. The van der Waals surface area contributed by atoms with Gasteiger partial charge in [-0.25, -0.2) is 0 Å². The van der Waals surface area contributed by atoms with Crippen molar-refractivity contribution in [1.29, 1.82) is 0 Å². The van der Waals surface area contributed by atoms with Gasteiger partial charge >= 0.3 is 6.18 Å². The molecule has 4 aromatic rings. The maximum absolute atomic E-state index is 12.5. The molecule has 0 saturated carbocycles. The van der Waals surface area contributed by atoms with Gasteiger partial charge in [-0.1, -0.05) is 12.1 Å². The summed E-state index contributed by atoms with van der Waals surface area (Å²) < 4.78 is 39.2. The van der Waals surface area contributed by atoms with Crippen molar-refractivity contribution in [2.24, 2.45) is 12.1 Å². The average molecular weight is 598 g/mol. The Balaban J connectivity index is 0.000000934. The number of halogens is 3. The standard InChI is InChI=1S/C26H26F3N7O2.C3H8N2/c1-16-6-5-7-21(36(15-37)13-23(38)32-14-26(27,28)29)25(16)34(3)18-8-9-20(31-10-18)19-11-30-12-22-24(19)17(2)33-35(22)4;1-4-5(2)3/h5-12,15H,13-14H2,1-4H3,(H,32,38);1H2,2-3H3. The van der Waals surface area contributed by atoms with E-state index in [4.69, 9.17) is 0 Å². The van der Waals surface area contributed by atoms with Crippen molar-refractivity contribution in [3.05, 3.63) is 60.2 Å². The van der Waals surface area contributed by atoms with Crippen LogP contribution in [-0.2, 0) is 16.6 Å². The number of fused-ring (bicyclic) bond motifs is 1. The first-order valence-electron chi connectivity index (χ1n) is 13.0. The Morgan fingerprint density at radius 1 is 1.12 bits per heavy atom. The third kappa shape index (κ3) is 8.05. The van der Waals surface area contributed by atoms with Crippen LogP contribution < -0.4 is 15.1 Å². The van der Waals surface area contributed by atoms with Gasteiger partial charge < -0.3 is 20.1 Å². The summed E-state index contributed by atoms with van der Waals surface area (Å²) in [7, 11) is 7.29. The van der Waals surface area contributed by atoms with Gasteiger partial charge in [0.05, 0.1) is 46.4 Å². The molecule has 1 aromatic carbocycles. The van der Waals surface area contributed by atoms with Crippen LogP contribution in [0.2, 0.25) is 0 Å². The van der Waals surface area contributed by atoms with E-state index in [1.165, 1.54) is 0 Å². The van der Waals surface area contributed by atoms with Crippen molar-refractivity contribution < 1.29 is 22.8 Å². The molecule has 4 rings (SSSR count). The summed E-state index contributed by atoms with van der Waals surface area (Å²) in [5, 5.41) is 12.3. The lowest BCUT2D eigenvalue weighted by molar-refractivity contribution is -0.137. The molecule has 11 nitrogen and oxygen atoms in total. The molecule has 1 N–H and O–H groups in total. The predicted molar refractivity (Wildman–Crippen MR) is 161 cm³/mol. The van der Waals surface area contributed by atoms with Gasteiger partial charge in [0.1, 0.15) is 13.1 Å². The van der Waals surface area contributed by atoms with Gasteiger partial charge in [0.25, 0.3) is 0 Å². The number of carbonyl (C=O) groups excluding carboxylic acids is 2. The van der Waals surface area contributed by atoms with Gasteiger partial charge in [0.2, 0.25) is 12.3 Å². The van der Waals surface area contributed by atoms with Crippen molar-refractivity contribution in [3.63, 3.8) is 0 Å². The monoisotopic (exact) mass is 597 g/mol. The van der Waals surface area contributed by atoms with Gasteiger partial charge in [0.15, 0.2) is 0 Å². The summed E-state index contributed by atoms with van der Waals surface area (Å²) in [6.45, 7) is 4.96. The highest BCUT2D eigenvalue weighted by molar-refractivity contribution is 5.96. The number of nitrogens with one attached hydrogen (secondary N) is 1. The Hall–Kier alpha value is -5.01. The Bertz CT molecular complexity index is 1580. The Labute approximate surface area is 247 Å². The fraction of sp³-hybridized carbons (Fsp3) is 0.310. The van der Waals surface area contributed by atoms with E-state index in [-0.39, 0.29) is 0 Å². The third-order valence-electron chi connectivity index (χ3n) is 6.42. The highest BCUT2D eigenvalue weighted by Crippen LogP contribution is 2.37. The molecule has 0 bridgehead atoms. The maximum atomic E-state index is 12.5. The number of para-hydroxylation sites is 1. The normalized spacial score (nSPS) is 10.9. The molecule has 0 fully saturated rings. The van der Waals surface area contributed by atoms with Crippen molar-refractivity contribution in [3.8, 4) is 11.3 Å². The molecule has 2 amide bonds. The van der Waals surface area contributed by atoms with Crippen molar-refractivity contribution in [2.45, 2.75) is 20.0 Å². The summed E-state index contributed by atoms with van der Waals surface area (Å²) in [4.78, 5) is 35.8. The number of hydrogen-bond acceptors (Lipinski definition) is 8. The van der Waals surface area contributed by atoms with E-state index in [9.17, 15) is 22.8 Å². The van der Waals surface area contributed by atoms with E-state index in [0.717, 1.165) is 32.6 Å². The number of rotatable bonds is 9. The summed E-state index contributed by atoms with van der Waals surface area (Å²) in [6, 6.07) is 8.89. The van der Waals surface area contributed by atoms with E-state index < -0.39 is 25.2 Å². The number of carbonyl (C=O) groups is 2. The van der Waals surface area contributed by atoms with Gasteiger partial charge in [-0.3, -0.25) is 24.2 Å². The average Bonchev–Trinajstić information content (AvgIpc) is 3.27. The summed E-state index contributed by atoms with van der Waals surface area (Å²) >= 11 is 0. The van der Waals surface area contributed by atoms with Crippen LogP contribution in [0.1, 0.15) is 11.3 Å². The smallest absolute Gasteiger partial charge is 0.345 e. The number of pyridine rings is 2. The largest absolute Gasteiger partial charge is 0.405 e. The van der Waals surface area contributed by atoms with E-state index in [2.05, 4.69) is 26.9 Å². The molecule has 0 aliphatic heterocycles. The first-order valence-corrected chi connectivity index (χ1v) is 13.0. The van der Waals surface area contributed by atoms with Crippen LogP contribution in [0.3, 0.4) is 0 Å². The van der Waals surface area contributed by atoms with Crippen LogP contribution in [-0.4, -0.2) is 84.2 Å². The van der Waals surface area contributed by atoms with Crippen LogP contribution in [0.5, 0.6) is 0 Å². The number of aromatic nitrogens is 4. The lowest BCUT2D eigenvalue weighted by Gasteiger charge is -2.28. The first-order chi connectivity index (χ1) is 20.3. The molecule has 0 aliphatic carbocycles. The molecule has 228 valence electrons. The summed E-state index contributed by atoms with van der Waals surface area (Å²) in [6.07, 6.45) is 1.05. The van der Waals surface area contributed by atoms with Gasteiger partial charge in [-0.2, -0.15) is 23.4 Å². The zero-order chi connectivity index (χ0) is 31.9. The summed E-state index contributed by atoms with van der Waals surface area (Å²) in [5.74, 6) is -0.927. The fourth-order valence-corrected chi connectivity index (χ4v) is 4.37. The molecule has 3 heterocycles. The van der Waals surface area contributed by atoms with Crippen molar-refractivity contribution >= 4 is 47.0 Å². The van der Waals surface area contributed by atoms with Crippen LogP contribution in [0.25, 0.3) is 22.2 Å². The zero-order valence-corrected chi connectivity index (χ0v) is 24.8. The van der Waals surface area contributed by atoms with Gasteiger partial charge in [-0.05, 0) is 37.6 Å². The van der Waals surface area contributed by atoms with Crippen molar-refractivity contribution in [1.82, 2.24) is 30.1 Å². The highest BCUT2D eigenvalue weighted by Gasteiger charge is 2.28. The molecule has 0 radical (unpaired) electrons. The minimum atomic E-state index is -4.55. The number of hydrazone groups is 1. The molecule has 3 aromatic heterocycles. The number of anilines is 3. The first kappa shape index (κ1) is 32.5. The van der Waals surface area contributed by atoms with Gasteiger partial charge in [0, 0.05) is 52.1 Å². The Morgan fingerprint density at radius 2 is 1.81 bits per heavy atom. The molecule has 0 unspecified atom stereocenters. The third-order valence-corrected chi connectivity index (χ3v) is 6.42. The van der Waals surface area contributed by atoms with E-state index in [1.54, 1.807) is 57.7 Å². The van der Waals surface area contributed by atoms with Gasteiger partial charge in [-0.15, -0.1) is 0 Å². The van der Waals surface area contributed by atoms with Crippen LogP contribution in [0, 0.1) is 13.8 Å². The number of hydrogen-bond donors (Lipinski definition) is 1. The van der Waals surface area contributed by atoms with Crippen LogP contribution in [0.15, 0.2) is 54.0 Å². The number of aryl methyl sites for hydroxylation is 3. The topological polar surface area (TPSA) is 112 Å². The minimum Gasteiger partial charge on any atom is -0.345 e. The molecule has 0 saturated heterocycles. The highest BCUT2D eigenvalue weighted by atomic mass is 19.4. The predicted octanol–water partition coefficient (Wildman–Crippen LogP) is 4.22. The quantitative estimate of drug-likeness (QED) is 0.175. The van der Waals surface area contributed by atoms with E-state index >= 15 is 0 Å². The molecule has 14 heteroatoms. The number of benzene rings is 1. The molecular formula is C29H34F3N9O2. The molecule has 0 spiro atoms. The molecular weight excluding hydrogens is 563 g/mol. The van der Waals surface area contributed by atoms with Crippen molar-refractivity contribution in [2.75, 3.05) is 44.0 Å². The molecule has 0 atom stereocenters. The number of amides is 2. The minimum absolute atomic E-state index is 0.369. The fourth-order valence-electron chi connectivity index (χ4n) is 4.37. The number of nitrogens with zero attached hydrogens (tertiary/aromatic N) is 8. The lowest BCUT2D eigenvalue weighted by Crippen LogP contribution is -2.41. The molecule has 0 aliphatic rings. The second-order valence-corrected chi connectivity index (χ2v) is 9.81. The SMILES string of the molecule is C=NN(C)C.Cc1cccc(N(C=O)CC(=O)NCC(F)(F)F)c1N(C)c1ccc(-c2cncc3c2c(C)nn3C)nc1. The van der Waals surface area contributed by atoms with E-state index in [0.29, 0.717) is 29.2 Å². The zero-order valence-electron chi connectivity index (χ0n) is 24.8. The number of alkyl halides is 3. The summed E-state index contributed by atoms with van der Waals surface area (Å²) in [5.41, 5.74) is 5.75. The lowest BCUT2D eigenvalue weighted by atomic mass is 10.1. The maximum Gasteiger partial charge on any atom is 0.405 e. The van der Waals surface area contributed by atoms with Crippen LogP contribution >= 0.6 is 0 Å². The second-order valence-electron chi connectivity index (χ2n) is 9.81. The van der Waals surface area contributed by atoms with E-state index in [1.807, 2.05) is 53.2 Å². The molecule has 43 heavy (non-hydrogen) atoms.